The SMILES string of the molecule is O=C(CN1CCN(c2cc3c(cc2F)c(=O)c(C(=O)O)cn3C2CC2)CC1)Nc1cc(=O)[nH]c(=O)[nH]1. The molecular formula is C23H23FN6O6. The van der Waals surface area contributed by atoms with Crippen LogP contribution in [0.2, 0.25) is 0 Å². The van der Waals surface area contributed by atoms with Crippen molar-refractivity contribution in [3.05, 3.63) is 66.8 Å². The molecule has 2 aromatic heterocycles. The van der Waals surface area contributed by atoms with Crippen LogP contribution in [0.5, 0.6) is 0 Å². The summed E-state index contributed by atoms with van der Waals surface area (Å²) in [4.78, 5) is 67.2. The van der Waals surface area contributed by atoms with Crippen molar-refractivity contribution in [1.82, 2.24) is 19.4 Å². The highest BCUT2D eigenvalue weighted by molar-refractivity contribution is 5.94. The molecule has 3 heterocycles. The minimum absolute atomic E-state index is 0.00149. The summed E-state index contributed by atoms with van der Waals surface area (Å²) in [6, 6.07) is 3.86. The van der Waals surface area contributed by atoms with Crippen molar-refractivity contribution in [2.24, 2.45) is 0 Å². The molecule has 1 aromatic carbocycles. The van der Waals surface area contributed by atoms with E-state index in [0.29, 0.717) is 37.4 Å². The Bertz CT molecular complexity index is 1520. The van der Waals surface area contributed by atoms with Gasteiger partial charge in [-0.3, -0.25) is 29.3 Å². The van der Waals surface area contributed by atoms with Crippen LogP contribution in [-0.2, 0) is 4.79 Å². The summed E-state index contributed by atoms with van der Waals surface area (Å²) in [5.41, 5.74) is -1.64. The van der Waals surface area contributed by atoms with Gasteiger partial charge in [0.1, 0.15) is 17.2 Å². The second kappa shape index (κ2) is 9.07. The Morgan fingerprint density at radius 3 is 2.42 bits per heavy atom. The third kappa shape index (κ3) is 4.64. The first-order chi connectivity index (χ1) is 17.2. The molecule has 1 aliphatic carbocycles. The Morgan fingerprint density at radius 1 is 1.06 bits per heavy atom. The second-order valence-electron chi connectivity index (χ2n) is 8.95. The number of carbonyl (C=O) groups is 2. The number of pyridine rings is 1. The Labute approximate surface area is 202 Å². The predicted molar refractivity (Wildman–Crippen MR) is 128 cm³/mol. The Hall–Kier alpha value is -4.26. The summed E-state index contributed by atoms with van der Waals surface area (Å²) < 4.78 is 16.9. The van der Waals surface area contributed by atoms with E-state index in [1.807, 2.05) is 14.8 Å². The number of H-pyrrole nitrogens is 2. The summed E-state index contributed by atoms with van der Waals surface area (Å²) in [6.07, 6.45) is 3.06. The highest BCUT2D eigenvalue weighted by Gasteiger charge is 2.28. The molecule has 2 aliphatic rings. The number of nitrogens with one attached hydrogen (secondary N) is 3. The molecule has 4 N–H and O–H groups in total. The van der Waals surface area contributed by atoms with Crippen molar-refractivity contribution in [2.75, 3.05) is 42.9 Å². The van der Waals surface area contributed by atoms with Crippen molar-refractivity contribution >= 4 is 34.3 Å². The van der Waals surface area contributed by atoms with E-state index >= 15 is 4.39 Å². The number of fused-ring (bicyclic) bond motifs is 1. The monoisotopic (exact) mass is 498 g/mol. The molecule has 1 saturated carbocycles. The van der Waals surface area contributed by atoms with Crippen LogP contribution < -0.4 is 26.9 Å². The van der Waals surface area contributed by atoms with E-state index in [1.54, 1.807) is 10.6 Å². The number of piperazine rings is 1. The molecule has 5 rings (SSSR count). The van der Waals surface area contributed by atoms with E-state index in [-0.39, 0.29) is 29.4 Å². The van der Waals surface area contributed by atoms with Gasteiger partial charge in [0, 0.05) is 49.9 Å². The number of aromatic carboxylic acids is 1. The van der Waals surface area contributed by atoms with Crippen molar-refractivity contribution in [3.8, 4) is 0 Å². The van der Waals surface area contributed by atoms with Crippen molar-refractivity contribution in [3.63, 3.8) is 0 Å². The number of amides is 1. The lowest BCUT2D eigenvalue weighted by molar-refractivity contribution is -0.117. The minimum Gasteiger partial charge on any atom is -0.477 e. The van der Waals surface area contributed by atoms with E-state index < -0.39 is 34.4 Å². The lowest BCUT2D eigenvalue weighted by atomic mass is 10.1. The fraction of sp³-hybridized carbons (Fsp3) is 0.348. The van der Waals surface area contributed by atoms with Crippen LogP contribution in [0.3, 0.4) is 0 Å². The second-order valence-corrected chi connectivity index (χ2v) is 8.95. The molecule has 2 fully saturated rings. The number of hydrogen-bond acceptors (Lipinski definition) is 7. The number of benzene rings is 1. The molecular weight excluding hydrogens is 475 g/mol. The number of halogens is 1. The number of hydrogen-bond donors (Lipinski definition) is 4. The highest BCUT2D eigenvalue weighted by atomic mass is 19.1. The van der Waals surface area contributed by atoms with Crippen LogP contribution in [0.25, 0.3) is 10.9 Å². The van der Waals surface area contributed by atoms with Crippen LogP contribution in [-0.4, -0.2) is 69.1 Å². The van der Waals surface area contributed by atoms with E-state index in [1.165, 1.54) is 6.20 Å². The van der Waals surface area contributed by atoms with Crippen LogP contribution >= 0.6 is 0 Å². The van der Waals surface area contributed by atoms with Gasteiger partial charge in [-0.25, -0.2) is 14.0 Å². The number of nitrogens with zero attached hydrogens (tertiary/aromatic N) is 3. The van der Waals surface area contributed by atoms with Gasteiger partial charge in [-0.15, -0.1) is 0 Å². The first-order valence-corrected chi connectivity index (χ1v) is 11.4. The minimum atomic E-state index is -1.34. The van der Waals surface area contributed by atoms with Gasteiger partial charge in [0.25, 0.3) is 5.56 Å². The highest BCUT2D eigenvalue weighted by Crippen LogP contribution is 2.38. The quantitative estimate of drug-likeness (QED) is 0.378. The molecule has 1 amide bonds. The maximum absolute atomic E-state index is 15.1. The summed E-state index contributed by atoms with van der Waals surface area (Å²) in [5.74, 6) is -2.37. The molecule has 13 heteroatoms. The molecule has 0 unspecified atom stereocenters. The van der Waals surface area contributed by atoms with E-state index in [4.69, 9.17) is 0 Å². The third-order valence-electron chi connectivity index (χ3n) is 6.39. The van der Waals surface area contributed by atoms with Gasteiger partial charge in [0.05, 0.1) is 17.7 Å². The summed E-state index contributed by atoms with van der Waals surface area (Å²) in [7, 11) is 0. The normalized spacial score (nSPS) is 16.3. The molecule has 188 valence electrons. The number of rotatable bonds is 6. The number of carbonyl (C=O) groups excluding carboxylic acids is 1. The van der Waals surface area contributed by atoms with Crippen LogP contribution in [0.15, 0.2) is 38.8 Å². The number of anilines is 2. The first kappa shape index (κ1) is 23.5. The number of carboxylic acids is 1. The lowest BCUT2D eigenvalue weighted by Gasteiger charge is -2.36. The van der Waals surface area contributed by atoms with Gasteiger partial charge in [-0.05, 0) is 25.0 Å². The van der Waals surface area contributed by atoms with Crippen molar-refractivity contribution in [1.29, 1.82) is 0 Å². The predicted octanol–water partition coefficient (Wildman–Crippen LogP) is 0.311. The molecule has 0 atom stereocenters. The van der Waals surface area contributed by atoms with Gasteiger partial charge in [0.2, 0.25) is 11.3 Å². The van der Waals surface area contributed by atoms with Crippen molar-refractivity contribution < 1.29 is 19.1 Å². The molecule has 12 nitrogen and oxygen atoms in total. The van der Waals surface area contributed by atoms with E-state index in [0.717, 1.165) is 25.0 Å². The zero-order valence-corrected chi connectivity index (χ0v) is 19.0. The average Bonchev–Trinajstić information content (AvgIpc) is 3.64. The van der Waals surface area contributed by atoms with Gasteiger partial charge in [-0.1, -0.05) is 0 Å². The van der Waals surface area contributed by atoms with E-state index in [2.05, 4.69) is 10.3 Å². The molecule has 0 radical (unpaired) electrons. The van der Waals surface area contributed by atoms with Crippen LogP contribution in [0.1, 0.15) is 29.2 Å². The maximum Gasteiger partial charge on any atom is 0.341 e. The molecule has 36 heavy (non-hydrogen) atoms. The Balaban J connectivity index is 1.31. The van der Waals surface area contributed by atoms with Gasteiger partial charge in [0.15, 0.2) is 0 Å². The van der Waals surface area contributed by atoms with E-state index in [9.17, 15) is 29.1 Å². The molecule has 1 saturated heterocycles. The Kier molecular flexibility index (Phi) is 5.92. The van der Waals surface area contributed by atoms with Crippen LogP contribution in [0, 0.1) is 5.82 Å². The number of carboxylic acid groups (broad SMARTS) is 1. The Morgan fingerprint density at radius 2 is 1.78 bits per heavy atom. The zero-order chi connectivity index (χ0) is 25.6. The van der Waals surface area contributed by atoms with Gasteiger partial charge < -0.3 is 19.9 Å². The number of aromatic amines is 2. The number of aromatic nitrogens is 3. The maximum atomic E-state index is 15.1. The average molecular weight is 498 g/mol. The first-order valence-electron chi connectivity index (χ1n) is 11.4. The summed E-state index contributed by atoms with van der Waals surface area (Å²) in [6.45, 7) is 1.74. The third-order valence-corrected chi connectivity index (χ3v) is 6.39. The zero-order valence-electron chi connectivity index (χ0n) is 19.0. The van der Waals surface area contributed by atoms with Crippen LogP contribution in [0.4, 0.5) is 15.9 Å². The topological polar surface area (TPSA) is 161 Å². The standard InChI is InChI=1S/C23H23FN6O6/c24-15-7-13-16(30(12-1-2-12)10-14(21(13)33)22(34)35)8-17(15)29-5-3-28(4-6-29)11-20(32)25-18-9-19(31)27-23(36)26-18/h7-10,12H,1-6,11H2,(H,34,35)(H3,25,26,27,31,32,36). The fourth-order valence-corrected chi connectivity index (χ4v) is 4.48. The molecule has 0 spiro atoms. The molecule has 0 bridgehead atoms. The van der Waals surface area contributed by atoms with Gasteiger partial charge in [-0.2, -0.15) is 0 Å². The molecule has 3 aromatic rings. The van der Waals surface area contributed by atoms with Gasteiger partial charge >= 0.3 is 11.7 Å². The largest absolute Gasteiger partial charge is 0.477 e. The smallest absolute Gasteiger partial charge is 0.341 e. The van der Waals surface area contributed by atoms with Crippen molar-refractivity contribution in [2.45, 2.75) is 18.9 Å². The molecule has 1 aliphatic heterocycles. The summed E-state index contributed by atoms with van der Waals surface area (Å²) in [5, 5.41) is 11.9. The fourth-order valence-electron chi connectivity index (χ4n) is 4.48. The summed E-state index contributed by atoms with van der Waals surface area (Å²) >= 11 is 0. The lowest BCUT2D eigenvalue weighted by Crippen LogP contribution is -2.49.